The molecule has 2 aromatic carbocycles. The molecule has 1 heterocycles. The minimum atomic E-state index is -1.01. The summed E-state index contributed by atoms with van der Waals surface area (Å²) in [5.74, 6) is -2.72. The van der Waals surface area contributed by atoms with E-state index in [1.807, 2.05) is 30.3 Å². The van der Waals surface area contributed by atoms with Gasteiger partial charge >= 0.3 is 0 Å². The number of nitrogens with zero attached hydrogens (tertiary/aromatic N) is 1. The molecule has 0 saturated carbocycles. The number of piperidine rings is 1. The second kappa shape index (κ2) is 11.0. The van der Waals surface area contributed by atoms with Crippen LogP contribution in [-0.4, -0.2) is 51.5 Å². The van der Waals surface area contributed by atoms with Crippen molar-refractivity contribution in [2.24, 2.45) is 17.8 Å². The Morgan fingerprint density at radius 1 is 1.06 bits per heavy atom. The molecule has 1 aliphatic rings. The molecule has 0 aliphatic carbocycles. The van der Waals surface area contributed by atoms with Gasteiger partial charge in [0, 0.05) is 19.2 Å². The first-order chi connectivity index (χ1) is 15.3. The predicted octanol–water partition coefficient (Wildman–Crippen LogP) is 2.91. The highest BCUT2D eigenvalue weighted by Crippen LogP contribution is 2.33. The summed E-state index contributed by atoms with van der Waals surface area (Å²) in [5, 5.41) is 30.3. The molecule has 3 rings (SSSR count). The first-order valence-electron chi connectivity index (χ1n) is 11.0. The zero-order valence-corrected chi connectivity index (χ0v) is 18.2. The molecule has 2 aromatic rings. The summed E-state index contributed by atoms with van der Waals surface area (Å²) in [6.45, 7) is 2.21. The first-order valence-corrected chi connectivity index (χ1v) is 11.0. The van der Waals surface area contributed by atoms with Gasteiger partial charge in [0.1, 0.15) is 11.6 Å². The number of hydrogen-bond donors (Lipinski definition) is 3. The number of aliphatic hydroxyl groups excluding tert-OH is 3. The van der Waals surface area contributed by atoms with Crippen molar-refractivity contribution >= 4 is 5.91 Å². The van der Waals surface area contributed by atoms with Crippen LogP contribution < -0.4 is 0 Å². The highest BCUT2D eigenvalue weighted by molar-refractivity contribution is 5.80. The van der Waals surface area contributed by atoms with Gasteiger partial charge in [0.25, 0.3) is 0 Å². The van der Waals surface area contributed by atoms with E-state index < -0.39 is 35.7 Å². The summed E-state index contributed by atoms with van der Waals surface area (Å²) in [5.41, 5.74) is 1.38. The van der Waals surface area contributed by atoms with E-state index >= 15 is 0 Å². The normalized spacial score (nSPS) is 21.9. The smallest absolute Gasteiger partial charge is 0.228 e. The maximum atomic E-state index is 13.6. The van der Waals surface area contributed by atoms with Crippen molar-refractivity contribution in [1.82, 2.24) is 4.90 Å². The predicted molar refractivity (Wildman–Crippen MR) is 116 cm³/mol. The van der Waals surface area contributed by atoms with E-state index in [9.17, 15) is 28.9 Å². The molecule has 0 radical (unpaired) electrons. The Hall–Kier alpha value is -2.35. The topological polar surface area (TPSA) is 81.0 Å². The number of likely N-dealkylation sites (tertiary alicyclic amines) is 1. The lowest BCUT2D eigenvalue weighted by molar-refractivity contribution is -0.148. The number of hydrogen-bond acceptors (Lipinski definition) is 4. The maximum absolute atomic E-state index is 13.6. The number of halogens is 2. The molecule has 32 heavy (non-hydrogen) atoms. The Morgan fingerprint density at radius 3 is 2.34 bits per heavy atom. The summed E-state index contributed by atoms with van der Waals surface area (Å²) >= 11 is 0. The van der Waals surface area contributed by atoms with E-state index in [0.717, 1.165) is 11.6 Å². The lowest BCUT2D eigenvalue weighted by Gasteiger charge is -2.41. The van der Waals surface area contributed by atoms with E-state index in [4.69, 9.17) is 0 Å². The number of carbonyl (C=O) groups is 1. The van der Waals surface area contributed by atoms with Crippen LogP contribution in [0, 0.1) is 29.4 Å². The molecule has 0 bridgehead atoms. The van der Waals surface area contributed by atoms with Crippen LogP contribution in [0.4, 0.5) is 8.78 Å². The minimum Gasteiger partial charge on any atom is -0.394 e. The zero-order valence-electron chi connectivity index (χ0n) is 18.2. The lowest BCUT2D eigenvalue weighted by Crippen LogP contribution is -2.50. The van der Waals surface area contributed by atoms with Gasteiger partial charge < -0.3 is 20.2 Å². The van der Waals surface area contributed by atoms with Crippen molar-refractivity contribution in [3.8, 4) is 0 Å². The van der Waals surface area contributed by atoms with Crippen molar-refractivity contribution < 1.29 is 28.9 Å². The number of rotatable bonds is 9. The fourth-order valence-electron chi connectivity index (χ4n) is 4.65. The van der Waals surface area contributed by atoms with Crippen LogP contribution in [0.25, 0.3) is 0 Å². The van der Waals surface area contributed by atoms with E-state index in [-0.39, 0.29) is 24.9 Å². The van der Waals surface area contributed by atoms with Crippen LogP contribution in [-0.2, 0) is 17.8 Å². The van der Waals surface area contributed by atoms with Gasteiger partial charge in [0.05, 0.1) is 24.7 Å². The second-order valence-electron chi connectivity index (χ2n) is 8.93. The summed E-state index contributed by atoms with van der Waals surface area (Å²) in [7, 11) is 0. The lowest BCUT2D eigenvalue weighted by atomic mass is 9.77. The molecular weight excluding hydrogens is 416 g/mol. The van der Waals surface area contributed by atoms with Crippen molar-refractivity contribution in [3.63, 3.8) is 0 Å². The Kier molecular flexibility index (Phi) is 8.34. The van der Waals surface area contributed by atoms with Gasteiger partial charge in [0.2, 0.25) is 5.91 Å². The van der Waals surface area contributed by atoms with Crippen molar-refractivity contribution in [1.29, 1.82) is 0 Å². The van der Waals surface area contributed by atoms with Crippen molar-refractivity contribution in [2.45, 2.75) is 44.9 Å². The van der Waals surface area contributed by atoms with Gasteiger partial charge in [-0.2, -0.15) is 0 Å². The average Bonchev–Trinajstić information content (AvgIpc) is 2.75. The molecule has 0 spiro atoms. The summed E-state index contributed by atoms with van der Waals surface area (Å²) in [6.07, 6.45) is -0.979. The molecule has 3 N–H and O–H groups in total. The number of benzene rings is 2. The second-order valence-corrected chi connectivity index (χ2v) is 8.93. The molecule has 5 nitrogen and oxygen atoms in total. The van der Waals surface area contributed by atoms with Crippen LogP contribution in [0.2, 0.25) is 0 Å². The van der Waals surface area contributed by atoms with Gasteiger partial charge in [-0.15, -0.1) is 0 Å². The zero-order chi connectivity index (χ0) is 23.3. The highest BCUT2D eigenvalue weighted by atomic mass is 19.1. The van der Waals surface area contributed by atoms with Crippen LogP contribution in [0.5, 0.6) is 0 Å². The summed E-state index contributed by atoms with van der Waals surface area (Å²) in [6, 6.07) is 12.8. The molecule has 7 heteroatoms. The third-order valence-electron chi connectivity index (χ3n) is 6.20. The Labute approximate surface area is 187 Å². The Balaban J connectivity index is 1.76. The van der Waals surface area contributed by atoms with E-state index in [0.29, 0.717) is 31.5 Å². The van der Waals surface area contributed by atoms with Crippen LogP contribution in [0.1, 0.15) is 30.9 Å². The molecular formula is C25H31F2NO4. The first kappa shape index (κ1) is 24.3. The molecule has 0 aromatic heterocycles. The average molecular weight is 448 g/mol. The summed E-state index contributed by atoms with van der Waals surface area (Å²) < 4.78 is 27.1. The summed E-state index contributed by atoms with van der Waals surface area (Å²) in [4.78, 5) is 15.0. The molecule has 1 aliphatic heterocycles. The van der Waals surface area contributed by atoms with Crippen LogP contribution in [0.15, 0.2) is 48.5 Å². The van der Waals surface area contributed by atoms with Gasteiger partial charge in [-0.1, -0.05) is 37.3 Å². The highest BCUT2D eigenvalue weighted by Gasteiger charge is 2.40. The SMILES string of the molecule is C[C@@H](Cc1cc(F)cc(F)c1)[C@H](O)[C@@H]1C[C@@H](CC(O)CO)CN(Cc2ccccc2)C1=O. The molecule has 174 valence electrons. The molecule has 5 atom stereocenters. The molecule has 1 saturated heterocycles. The van der Waals surface area contributed by atoms with Crippen molar-refractivity contribution in [2.75, 3.05) is 13.2 Å². The van der Waals surface area contributed by atoms with Gasteiger partial charge in [-0.25, -0.2) is 8.78 Å². The van der Waals surface area contributed by atoms with Gasteiger partial charge in [-0.3, -0.25) is 4.79 Å². The van der Waals surface area contributed by atoms with E-state index in [2.05, 4.69) is 0 Å². The minimum absolute atomic E-state index is 0.0861. The van der Waals surface area contributed by atoms with E-state index in [1.165, 1.54) is 12.1 Å². The standard InChI is InChI=1S/C25H31F2NO4/c1-16(7-18-8-20(26)12-21(27)9-18)24(31)23-11-19(10-22(30)15-29)14-28(25(23)32)13-17-5-3-2-4-6-17/h2-6,8-9,12,16,19,22-24,29-31H,7,10-11,13-15H2,1H3/t16-,19+,22?,23-,24-/m0/s1. The third kappa shape index (κ3) is 6.34. The van der Waals surface area contributed by atoms with Crippen LogP contribution >= 0.6 is 0 Å². The quantitative estimate of drug-likeness (QED) is 0.552. The number of amides is 1. The van der Waals surface area contributed by atoms with Crippen molar-refractivity contribution in [3.05, 3.63) is 71.3 Å². The molecule has 1 fully saturated rings. The molecule has 1 amide bonds. The monoisotopic (exact) mass is 447 g/mol. The number of carbonyl (C=O) groups excluding carboxylic acids is 1. The van der Waals surface area contributed by atoms with Gasteiger partial charge in [0.15, 0.2) is 0 Å². The number of aliphatic hydroxyl groups is 3. The fourth-order valence-corrected chi connectivity index (χ4v) is 4.65. The Morgan fingerprint density at radius 2 is 1.72 bits per heavy atom. The molecule has 1 unspecified atom stereocenters. The Bertz CT molecular complexity index is 875. The largest absolute Gasteiger partial charge is 0.394 e. The maximum Gasteiger partial charge on any atom is 0.228 e. The fraction of sp³-hybridized carbons (Fsp3) is 0.480. The van der Waals surface area contributed by atoms with Gasteiger partial charge in [-0.05, 0) is 54.4 Å². The van der Waals surface area contributed by atoms with E-state index in [1.54, 1.807) is 11.8 Å². The van der Waals surface area contributed by atoms with Crippen LogP contribution in [0.3, 0.4) is 0 Å². The third-order valence-corrected chi connectivity index (χ3v) is 6.20.